The van der Waals surface area contributed by atoms with E-state index in [1.165, 1.54) is 12.2 Å². The molecule has 1 heterocycles. The van der Waals surface area contributed by atoms with Crippen molar-refractivity contribution in [1.82, 2.24) is 10.2 Å². The van der Waals surface area contributed by atoms with Gasteiger partial charge in [-0.3, -0.25) is 4.90 Å². The molecule has 0 unspecified atom stereocenters. The van der Waals surface area contributed by atoms with Gasteiger partial charge in [-0.1, -0.05) is 6.08 Å². The molecule has 0 aromatic heterocycles. The molecule has 1 aliphatic rings. The van der Waals surface area contributed by atoms with Gasteiger partial charge in [0.05, 0.1) is 26.4 Å². The molecule has 0 radical (unpaired) electrons. The first-order valence-electron chi connectivity index (χ1n) is 9.38. The van der Waals surface area contributed by atoms with Crippen LogP contribution in [0.15, 0.2) is 24.4 Å². The molecule has 0 aliphatic carbocycles. The number of hydrogen-bond acceptors (Lipinski definition) is 7. The Morgan fingerprint density at radius 2 is 1.62 bits per heavy atom. The zero-order valence-electron chi connectivity index (χ0n) is 15.8. The van der Waals surface area contributed by atoms with Gasteiger partial charge in [0.15, 0.2) is 0 Å². The molecule has 0 aromatic rings. The summed E-state index contributed by atoms with van der Waals surface area (Å²) in [5, 5.41) is 3.10. The second-order valence-electron chi connectivity index (χ2n) is 5.99. The third-order valence-electron chi connectivity index (χ3n) is 3.84. The predicted octanol–water partition coefficient (Wildman–Crippen LogP) is 1.64. The maximum atomic E-state index is 11.5. The number of esters is 2. The van der Waals surface area contributed by atoms with Crippen LogP contribution >= 0.6 is 0 Å². The van der Waals surface area contributed by atoms with E-state index >= 15 is 0 Å². The molecule has 148 valence electrons. The van der Waals surface area contributed by atoms with Crippen LogP contribution in [0.4, 0.5) is 0 Å². The number of allylic oxidation sites excluding steroid dienone is 1. The van der Waals surface area contributed by atoms with E-state index in [0.717, 1.165) is 65.1 Å². The molecule has 0 aromatic carbocycles. The van der Waals surface area contributed by atoms with Crippen molar-refractivity contribution < 1.29 is 23.8 Å². The Kier molecular flexibility index (Phi) is 13.1. The summed E-state index contributed by atoms with van der Waals surface area (Å²) in [6, 6.07) is 0. The van der Waals surface area contributed by atoms with E-state index in [1.807, 2.05) is 0 Å². The highest BCUT2D eigenvalue weighted by Crippen LogP contribution is 2.01. The van der Waals surface area contributed by atoms with Crippen LogP contribution in [-0.4, -0.2) is 69.4 Å². The van der Waals surface area contributed by atoms with Crippen molar-refractivity contribution in [2.75, 3.05) is 52.6 Å². The van der Waals surface area contributed by atoms with Crippen molar-refractivity contribution in [2.24, 2.45) is 0 Å². The van der Waals surface area contributed by atoms with Gasteiger partial charge in [0.2, 0.25) is 0 Å². The first-order chi connectivity index (χ1) is 12.7. The number of morpholine rings is 1. The fourth-order valence-electron chi connectivity index (χ4n) is 2.39. The van der Waals surface area contributed by atoms with Gasteiger partial charge in [-0.05, 0) is 32.6 Å². The van der Waals surface area contributed by atoms with Crippen LogP contribution in [0.3, 0.4) is 0 Å². The third kappa shape index (κ3) is 12.5. The van der Waals surface area contributed by atoms with Crippen LogP contribution in [0.5, 0.6) is 0 Å². The number of unbranched alkanes of at least 4 members (excludes halogenated alkanes) is 3. The predicted molar refractivity (Wildman–Crippen MR) is 99.6 cm³/mol. The van der Waals surface area contributed by atoms with Crippen molar-refractivity contribution in [3.05, 3.63) is 24.4 Å². The van der Waals surface area contributed by atoms with Crippen LogP contribution in [0.25, 0.3) is 0 Å². The van der Waals surface area contributed by atoms with Crippen LogP contribution in [-0.2, 0) is 23.8 Å². The lowest BCUT2D eigenvalue weighted by Crippen LogP contribution is -2.39. The Morgan fingerprint density at radius 1 is 1.00 bits per heavy atom. The van der Waals surface area contributed by atoms with E-state index in [1.54, 1.807) is 19.2 Å². The number of carbonyl (C=O) groups excluding carboxylic acids is 2. The fraction of sp³-hybridized carbons (Fsp3) is 0.684. The largest absolute Gasteiger partial charge is 0.463 e. The smallest absolute Gasteiger partial charge is 0.332 e. The molecule has 1 saturated heterocycles. The van der Waals surface area contributed by atoms with Gasteiger partial charge < -0.3 is 19.5 Å². The topological polar surface area (TPSA) is 77.1 Å². The molecular weight excluding hydrogens is 336 g/mol. The quantitative estimate of drug-likeness (QED) is 0.301. The first kappa shape index (κ1) is 22.2. The molecule has 0 atom stereocenters. The number of rotatable bonds is 13. The highest BCUT2D eigenvalue weighted by Gasteiger charge is 2.08. The average Bonchev–Trinajstić information content (AvgIpc) is 2.64. The van der Waals surface area contributed by atoms with Gasteiger partial charge in [0, 0.05) is 44.5 Å². The van der Waals surface area contributed by atoms with Crippen molar-refractivity contribution >= 4 is 11.9 Å². The minimum Gasteiger partial charge on any atom is -0.463 e. The van der Waals surface area contributed by atoms with E-state index in [0.29, 0.717) is 13.2 Å². The number of ether oxygens (including phenoxy) is 3. The Morgan fingerprint density at radius 3 is 2.23 bits per heavy atom. The lowest BCUT2D eigenvalue weighted by molar-refractivity contribution is -0.139. The van der Waals surface area contributed by atoms with E-state index < -0.39 is 0 Å². The van der Waals surface area contributed by atoms with Crippen LogP contribution in [0, 0.1) is 0 Å². The van der Waals surface area contributed by atoms with Gasteiger partial charge >= 0.3 is 11.9 Å². The Bertz CT molecular complexity index is 445. The van der Waals surface area contributed by atoms with Crippen LogP contribution < -0.4 is 5.32 Å². The normalized spacial score (nSPS) is 15.4. The Hall–Kier alpha value is -1.86. The first-order valence-corrected chi connectivity index (χ1v) is 9.38. The summed E-state index contributed by atoms with van der Waals surface area (Å²) < 4.78 is 15.4. The molecular formula is C19H32N2O5. The minimum atomic E-state index is -0.329. The standard InChI is InChI=1S/C19H32N2O5/c1-2-7-18(22)25-14-5-3-4-6-15-26-19(23)8-9-20-10-11-21-12-16-24-17-13-21/h2,7-9,20H,3-6,10-17H2,1H3/b7-2+,9-8+. The number of carbonyl (C=O) groups is 2. The SMILES string of the molecule is C/C=C/C(=O)OCCCCCCOC(=O)/C=C/NCCN1CCOCC1. The molecule has 1 rings (SSSR count). The monoisotopic (exact) mass is 368 g/mol. The van der Waals surface area contributed by atoms with Crippen molar-refractivity contribution in [3.8, 4) is 0 Å². The van der Waals surface area contributed by atoms with Gasteiger partial charge in [0.25, 0.3) is 0 Å². The molecule has 7 heteroatoms. The summed E-state index contributed by atoms with van der Waals surface area (Å²) in [5.41, 5.74) is 0. The molecule has 26 heavy (non-hydrogen) atoms. The number of nitrogens with one attached hydrogen (secondary N) is 1. The average molecular weight is 368 g/mol. The van der Waals surface area contributed by atoms with Gasteiger partial charge in [-0.25, -0.2) is 9.59 Å². The number of hydrogen-bond donors (Lipinski definition) is 1. The highest BCUT2D eigenvalue weighted by atomic mass is 16.5. The van der Waals surface area contributed by atoms with Gasteiger partial charge in [-0.15, -0.1) is 0 Å². The van der Waals surface area contributed by atoms with Gasteiger partial charge in [0.1, 0.15) is 0 Å². The Balaban J connectivity index is 1.87. The summed E-state index contributed by atoms with van der Waals surface area (Å²) in [7, 11) is 0. The highest BCUT2D eigenvalue weighted by molar-refractivity contribution is 5.82. The van der Waals surface area contributed by atoms with Crippen molar-refractivity contribution in [3.63, 3.8) is 0 Å². The zero-order valence-corrected chi connectivity index (χ0v) is 15.8. The van der Waals surface area contributed by atoms with Crippen molar-refractivity contribution in [2.45, 2.75) is 32.6 Å². The van der Waals surface area contributed by atoms with E-state index in [4.69, 9.17) is 14.2 Å². The summed E-state index contributed by atoms with van der Waals surface area (Å²) in [6.45, 7) is 7.87. The number of nitrogens with zero attached hydrogens (tertiary/aromatic N) is 1. The molecule has 0 spiro atoms. The summed E-state index contributed by atoms with van der Waals surface area (Å²) >= 11 is 0. The van der Waals surface area contributed by atoms with E-state index in [2.05, 4.69) is 10.2 Å². The molecule has 1 fully saturated rings. The second-order valence-corrected chi connectivity index (χ2v) is 5.99. The van der Waals surface area contributed by atoms with E-state index in [9.17, 15) is 9.59 Å². The molecule has 0 amide bonds. The maximum Gasteiger partial charge on any atom is 0.332 e. The summed E-state index contributed by atoms with van der Waals surface area (Å²) in [5.74, 6) is -0.629. The lowest BCUT2D eigenvalue weighted by atomic mass is 10.2. The van der Waals surface area contributed by atoms with E-state index in [-0.39, 0.29) is 11.9 Å². The summed E-state index contributed by atoms with van der Waals surface area (Å²) in [4.78, 5) is 24.9. The fourth-order valence-corrected chi connectivity index (χ4v) is 2.39. The van der Waals surface area contributed by atoms with Gasteiger partial charge in [-0.2, -0.15) is 0 Å². The molecule has 1 N–H and O–H groups in total. The van der Waals surface area contributed by atoms with Crippen LogP contribution in [0.1, 0.15) is 32.6 Å². The second kappa shape index (κ2) is 15.4. The van der Waals surface area contributed by atoms with Crippen molar-refractivity contribution in [1.29, 1.82) is 0 Å². The maximum absolute atomic E-state index is 11.5. The Labute approximate surface area is 156 Å². The molecule has 1 aliphatic heterocycles. The molecule has 0 saturated carbocycles. The molecule has 7 nitrogen and oxygen atoms in total. The zero-order chi connectivity index (χ0) is 18.9. The minimum absolute atomic E-state index is 0.299. The third-order valence-corrected chi connectivity index (χ3v) is 3.84. The lowest BCUT2D eigenvalue weighted by Gasteiger charge is -2.26. The molecule has 0 bridgehead atoms. The van der Waals surface area contributed by atoms with Crippen LogP contribution in [0.2, 0.25) is 0 Å². The summed E-state index contributed by atoms with van der Waals surface area (Å²) in [6.07, 6.45) is 9.64.